The summed E-state index contributed by atoms with van der Waals surface area (Å²) in [6.07, 6.45) is 18.5. The minimum atomic E-state index is -0.714. The van der Waals surface area contributed by atoms with E-state index in [0.29, 0.717) is 23.0 Å². The van der Waals surface area contributed by atoms with Crippen LogP contribution in [0, 0.1) is 24.5 Å². The summed E-state index contributed by atoms with van der Waals surface area (Å²) in [4.78, 5) is 0. The molecule has 33 heavy (non-hydrogen) atoms. The number of rotatable bonds is 7. The number of allylic oxidation sites excluding steroid dienone is 4. The van der Waals surface area contributed by atoms with Gasteiger partial charge in [0, 0.05) is 5.56 Å². The van der Waals surface area contributed by atoms with E-state index in [-0.39, 0.29) is 0 Å². The summed E-state index contributed by atoms with van der Waals surface area (Å²) in [6.45, 7) is 3.80. The van der Waals surface area contributed by atoms with Crippen LogP contribution < -0.4 is 0 Å². The van der Waals surface area contributed by atoms with Crippen LogP contribution >= 0.6 is 0 Å². The average Bonchev–Trinajstić information content (AvgIpc) is 2.86. The van der Waals surface area contributed by atoms with Gasteiger partial charge in [0.15, 0.2) is 11.6 Å². The zero-order chi connectivity index (χ0) is 23.2. The summed E-state index contributed by atoms with van der Waals surface area (Å²) in [6, 6.07) is 12.7. The molecule has 1 unspecified atom stereocenters. The second-order valence-electron chi connectivity index (χ2n) is 10.1. The quantitative estimate of drug-likeness (QED) is 0.370. The van der Waals surface area contributed by atoms with Gasteiger partial charge in [-0.15, -0.1) is 0 Å². The van der Waals surface area contributed by atoms with Crippen LogP contribution in [-0.4, -0.2) is 0 Å². The van der Waals surface area contributed by atoms with Crippen LogP contribution in [0.15, 0.2) is 54.6 Å². The first kappa shape index (κ1) is 23.9. The molecule has 0 heterocycles. The van der Waals surface area contributed by atoms with Crippen LogP contribution in [0.5, 0.6) is 0 Å². The Kier molecular flexibility index (Phi) is 8.17. The molecule has 2 aromatic carbocycles. The van der Waals surface area contributed by atoms with Crippen molar-refractivity contribution in [1.82, 2.24) is 0 Å². The SMILES string of the molecule is CC/C=C/CCC1CCC(c2ccc(C3CC=C(c4ccc(C)c(F)c4F)CC3)cc2)CC1. The van der Waals surface area contributed by atoms with E-state index in [9.17, 15) is 8.78 Å². The summed E-state index contributed by atoms with van der Waals surface area (Å²) < 4.78 is 28.4. The van der Waals surface area contributed by atoms with Gasteiger partial charge in [0.2, 0.25) is 0 Å². The fraction of sp³-hybridized carbons (Fsp3) is 0.484. The van der Waals surface area contributed by atoms with Crippen molar-refractivity contribution in [3.05, 3.63) is 88.5 Å². The standard InChI is InChI=1S/C31H38F2/c1-3-4-5-6-7-23-9-11-24(12-10-23)25-13-15-26(16-14-25)27-17-19-28(20-18-27)29-21-8-22(2)30(32)31(29)33/h4-5,8,13-16,19,21,23-24,27H,3,6-7,9-12,17-18,20H2,1-2H3/b5-4+. The van der Waals surface area contributed by atoms with Gasteiger partial charge in [0.25, 0.3) is 0 Å². The normalized spacial score (nSPS) is 23.6. The number of halogens is 2. The maximum Gasteiger partial charge on any atom is 0.166 e. The van der Waals surface area contributed by atoms with Gasteiger partial charge in [-0.2, -0.15) is 0 Å². The molecule has 0 spiro atoms. The Balaban J connectivity index is 1.32. The number of aryl methyl sites for hydroxylation is 1. The topological polar surface area (TPSA) is 0 Å². The van der Waals surface area contributed by atoms with Gasteiger partial charge in [0.05, 0.1) is 0 Å². The van der Waals surface area contributed by atoms with Crippen molar-refractivity contribution in [1.29, 1.82) is 0 Å². The molecule has 1 saturated carbocycles. The molecule has 0 bridgehead atoms. The van der Waals surface area contributed by atoms with Crippen LogP contribution in [0.2, 0.25) is 0 Å². The molecule has 0 nitrogen and oxygen atoms in total. The zero-order valence-corrected chi connectivity index (χ0v) is 20.3. The first-order valence-electron chi connectivity index (χ1n) is 13.0. The third-order valence-corrected chi connectivity index (χ3v) is 7.90. The van der Waals surface area contributed by atoms with Crippen molar-refractivity contribution >= 4 is 5.57 Å². The van der Waals surface area contributed by atoms with Crippen LogP contribution in [0.4, 0.5) is 8.78 Å². The minimum absolute atomic E-state index is 0.364. The second-order valence-corrected chi connectivity index (χ2v) is 10.1. The first-order chi connectivity index (χ1) is 16.1. The molecule has 2 heteroatoms. The van der Waals surface area contributed by atoms with Crippen LogP contribution in [0.1, 0.15) is 105 Å². The molecule has 0 N–H and O–H groups in total. The number of hydrogen-bond donors (Lipinski definition) is 0. The fourth-order valence-corrected chi connectivity index (χ4v) is 5.72. The van der Waals surface area contributed by atoms with Crippen LogP contribution in [0.25, 0.3) is 5.57 Å². The molecule has 1 fully saturated rings. The van der Waals surface area contributed by atoms with Gasteiger partial charge in [-0.05, 0) is 111 Å². The lowest BCUT2D eigenvalue weighted by atomic mass is 9.76. The Bertz CT molecular complexity index is 975. The van der Waals surface area contributed by atoms with E-state index in [1.165, 1.54) is 49.7 Å². The summed E-state index contributed by atoms with van der Waals surface area (Å²) in [5.41, 5.74) is 4.61. The van der Waals surface area contributed by atoms with Gasteiger partial charge >= 0.3 is 0 Å². The molecular weight excluding hydrogens is 410 g/mol. The van der Waals surface area contributed by atoms with Crippen molar-refractivity contribution in [2.45, 2.75) is 89.9 Å². The third kappa shape index (κ3) is 5.83. The Morgan fingerprint density at radius 3 is 2.15 bits per heavy atom. The van der Waals surface area contributed by atoms with E-state index in [1.807, 2.05) is 0 Å². The highest BCUT2D eigenvalue weighted by molar-refractivity contribution is 5.67. The highest BCUT2D eigenvalue weighted by Gasteiger charge is 2.23. The molecule has 2 aromatic rings. The molecular formula is C31H38F2. The predicted molar refractivity (Wildman–Crippen MR) is 135 cm³/mol. The van der Waals surface area contributed by atoms with E-state index < -0.39 is 11.6 Å². The summed E-state index contributed by atoms with van der Waals surface area (Å²) in [5.74, 6) is 0.661. The molecule has 0 radical (unpaired) electrons. The highest BCUT2D eigenvalue weighted by atomic mass is 19.2. The van der Waals surface area contributed by atoms with E-state index in [1.54, 1.807) is 19.1 Å². The smallest absolute Gasteiger partial charge is 0.166 e. The Labute approximate surface area is 198 Å². The van der Waals surface area contributed by atoms with Crippen molar-refractivity contribution < 1.29 is 8.78 Å². The van der Waals surface area contributed by atoms with E-state index in [4.69, 9.17) is 0 Å². The van der Waals surface area contributed by atoms with Crippen molar-refractivity contribution in [2.75, 3.05) is 0 Å². The number of benzene rings is 2. The zero-order valence-electron chi connectivity index (χ0n) is 20.3. The maximum absolute atomic E-state index is 14.4. The largest absolute Gasteiger partial charge is 0.203 e. The molecule has 0 aliphatic heterocycles. The molecule has 0 aromatic heterocycles. The maximum atomic E-state index is 14.4. The molecule has 176 valence electrons. The number of hydrogen-bond acceptors (Lipinski definition) is 0. The lowest BCUT2D eigenvalue weighted by molar-refractivity contribution is 0.312. The predicted octanol–water partition coefficient (Wildman–Crippen LogP) is 9.64. The van der Waals surface area contributed by atoms with Gasteiger partial charge in [-0.3, -0.25) is 0 Å². The lowest BCUT2D eigenvalue weighted by Gasteiger charge is -2.29. The highest BCUT2D eigenvalue weighted by Crippen LogP contribution is 2.40. The van der Waals surface area contributed by atoms with Crippen molar-refractivity contribution in [3.8, 4) is 0 Å². The van der Waals surface area contributed by atoms with Gasteiger partial charge < -0.3 is 0 Å². The Morgan fingerprint density at radius 1 is 0.818 bits per heavy atom. The molecule has 2 aliphatic rings. The van der Waals surface area contributed by atoms with Gasteiger partial charge in [0.1, 0.15) is 0 Å². The van der Waals surface area contributed by atoms with Crippen LogP contribution in [-0.2, 0) is 0 Å². The lowest BCUT2D eigenvalue weighted by Crippen LogP contribution is -2.13. The molecule has 0 amide bonds. The Morgan fingerprint density at radius 2 is 1.52 bits per heavy atom. The summed E-state index contributed by atoms with van der Waals surface area (Å²) in [5, 5.41) is 0. The summed E-state index contributed by atoms with van der Waals surface area (Å²) >= 11 is 0. The minimum Gasteiger partial charge on any atom is -0.203 e. The van der Waals surface area contributed by atoms with Gasteiger partial charge in [-0.1, -0.05) is 61.5 Å². The van der Waals surface area contributed by atoms with Gasteiger partial charge in [-0.25, -0.2) is 8.78 Å². The van der Waals surface area contributed by atoms with Crippen molar-refractivity contribution in [3.63, 3.8) is 0 Å². The first-order valence-corrected chi connectivity index (χ1v) is 13.0. The Hall–Kier alpha value is -2.22. The molecule has 0 saturated heterocycles. The van der Waals surface area contributed by atoms with Crippen molar-refractivity contribution in [2.24, 2.45) is 5.92 Å². The average molecular weight is 449 g/mol. The molecule has 1 atom stereocenters. The van der Waals surface area contributed by atoms with E-state index >= 15 is 0 Å². The summed E-state index contributed by atoms with van der Waals surface area (Å²) in [7, 11) is 0. The second kappa shape index (κ2) is 11.3. The third-order valence-electron chi connectivity index (χ3n) is 7.90. The van der Waals surface area contributed by atoms with E-state index in [2.05, 4.69) is 49.4 Å². The molecule has 2 aliphatic carbocycles. The monoisotopic (exact) mass is 448 g/mol. The van der Waals surface area contributed by atoms with Crippen LogP contribution in [0.3, 0.4) is 0 Å². The fourth-order valence-electron chi connectivity index (χ4n) is 5.72. The van der Waals surface area contributed by atoms with E-state index in [0.717, 1.165) is 37.2 Å². The molecule has 4 rings (SSSR count).